The van der Waals surface area contributed by atoms with Gasteiger partial charge in [-0.3, -0.25) is 0 Å². The molecule has 0 aromatic carbocycles. The van der Waals surface area contributed by atoms with E-state index < -0.39 is 15.3 Å². The van der Waals surface area contributed by atoms with Crippen LogP contribution in [-0.4, -0.2) is 26.3 Å². The molecule has 4 nitrogen and oxygen atoms in total. The summed E-state index contributed by atoms with van der Waals surface area (Å²) in [5, 5.41) is -0.475. The maximum atomic E-state index is 11.8. The highest BCUT2D eigenvalue weighted by Crippen LogP contribution is 2.44. The van der Waals surface area contributed by atoms with Gasteiger partial charge in [-0.1, -0.05) is 0 Å². The second-order valence-electron chi connectivity index (χ2n) is 4.91. The van der Waals surface area contributed by atoms with Crippen LogP contribution in [0.1, 0.15) is 32.6 Å². The normalized spacial score (nSPS) is 24.5. The van der Waals surface area contributed by atoms with Gasteiger partial charge in [-0.2, -0.15) is 0 Å². The molecule has 88 valence electrons. The Balaban J connectivity index is 1.98. The molecule has 0 saturated heterocycles. The van der Waals surface area contributed by atoms with Crippen molar-refractivity contribution in [2.75, 3.05) is 6.54 Å². The highest BCUT2D eigenvalue weighted by atomic mass is 32.2. The lowest BCUT2D eigenvalue weighted by molar-refractivity contribution is 0.467. The van der Waals surface area contributed by atoms with Crippen molar-refractivity contribution in [3.8, 4) is 0 Å². The minimum absolute atomic E-state index is 0.192. The van der Waals surface area contributed by atoms with E-state index in [2.05, 4.69) is 4.72 Å². The molecule has 0 radical (unpaired) electrons. The monoisotopic (exact) mass is 232 g/mol. The third kappa shape index (κ3) is 2.71. The van der Waals surface area contributed by atoms with Crippen LogP contribution in [0.5, 0.6) is 0 Å². The van der Waals surface area contributed by atoms with Crippen LogP contribution < -0.4 is 10.5 Å². The molecule has 3 N–H and O–H groups in total. The van der Waals surface area contributed by atoms with Crippen LogP contribution >= 0.6 is 0 Å². The molecule has 0 aliphatic heterocycles. The molecule has 0 heterocycles. The molecule has 5 heteroatoms. The van der Waals surface area contributed by atoms with E-state index in [0.717, 1.165) is 0 Å². The number of rotatable bonds is 6. The lowest BCUT2D eigenvalue weighted by Crippen LogP contribution is -2.44. The zero-order valence-corrected chi connectivity index (χ0v) is 9.96. The number of nitrogens with one attached hydrogen (secondary N) is 1. The lowest BCUT2D eigenvalue weighted by Gasteiger charge is -2.20. The Kier molecular flexibility index (Phi) is 3.05. The Morgan fingerprint density at radius 2 is 1.73 bits per heavy atom. The van der Waals surface area contributed by atoms with E-state index in [9.17, 15) is 8.42 Å². The summed E-state index contributed by atoms with van der Waals surface area (Å²) in [6.45, 7) is 1.86. The highest BCUT2D eigenvalue weighted by Gasteiger charge is 2.43. The van der Waals surface area contributed by atoms with Gasteiger partial charge in [-0.25, -0.2) is 13.1 Å². The quantitative estimate of drug-likeness (QED) is 0.698. The van der Waals surface area contributed by atoms with Crippen molar-refractivity contribution in [3.05, 3.63) is 0 Å². The van der Waals surface area contributed by atoms with Crippen LogP contribution in [0.4, 0.5) is 0 Å². The predicted octanol–water partition coefficient (Wildman–Crippen LogP) is 0.442. The van der Waals surface area contributed by atoms with Gasteiger partial charge in [-0.15, -0.1) is 0 Å². The molecule has 2 saturated carbocycles. The number of hydrogen-bond donors (Lipinski definition) is 2. The molecule has 0 amide bonds. The Labute approximate surface area is 91.7 Å². The summed E-state index contributed by atoms with van der Waals surface area (Å²) >= 11 is 0. The topological polar surface area (TPSA) is 72.2 Å². The third-order valence-electron chi connectivity index (χ3n) is 3.42. The largest absolute Gasteiger partial charge is 0.329 e. The van der Waals surface area contributed by atoms with Crippen molar-refractivity contribution in [3.63, 3.8) is 0 Å². The Hall–Kier alpha value is -0.130. The van der Waals surface area contributed by atoms with Crippen LogP contribution in [0.15, 0.2) is 0 Å². The summed E-state index contributed by atoms with van der Waals surface area (Å²) in [4.78, 5) is 0. The van der Waals surface area contributed by atoms with Gasteiger partial charge < -0.3 is 5.73 Å². The molecule has 2 aliphatic carbocycles. The first kappa shape index (κ1) is 11.4. The molecule has 1 unspecified atom stereocenters. The summed E-state index contributed by atoms with van der Waals surface area (Å²) < 4.78 is 26.6. The van der Waals surface area contributed by atoms with Crippen LogP contribution in [0.3, 0.4) is 0 Å². The molecule has 15 heavy (non-hydrogen) atoms. The van der Waals surface area contributed by atoms with Crippen molar-refractivity contribution in [1.82, 2.24) is 4.72 Å². The molecule has 0 spiro atoms. The van der Waals surface area contributed by atoms with E-state index >= 15 is 0 Å². The van der Waals surface area contributed by atoms with Gasteiger partial charge in [-0.05, 0) is 44.4 Å². The van der Waals surface area contributed by atoms with E-state index in [4.69, 9.17) is 5.73 Å². The van der Waals surface area contributed by atoms with Gasteiger partial charge in [0, 0.05) is 12.6 Å². The Bertz CT molecular complexity index is 308. The Morgan fingerprint density at radius 1 is 1.27 bits per heavy atom. The molecule has 1 atom stereocenters. The summed E-state index contributed by atoms with van der Waals surface area (Å²) in [6.07, 6.45) is 4.72. The average molecular weight is 232 g/mol. The van der Waals surface area contributed by atoms with Gasteiger partial charge in [0.15, 0.2) is 0 Å². The maximum Gasteiger partial charge on any atom is 0.215 e. The molecular formula is C10H20N2O2S. The fourth-order valence-electron chi connectivity index (χ4n) is 1.92. The summed E-state index contributed by atoms with van der Waals surface area (Å²) in [5.74, 6) is 1.19. The molecule has 0 bridgehead atoms. The first-order valence-electron chi connectivity index (χ1n) is 5.76. The third-order valence-corrected chi connectivity index (χ3v) is 5.27. The fraction of sp³-hybridized carbons (Fsp3) is 1.00. The zero-order chi connectivity index (χ0) is 11.1. The number of sulfonamides is 1. The van der Waals surface area contributed by atoms with Crippen LogP contribution in [0.25, 0.3) is 0 Å². The summed E-state index contributed by atoms with van der Waals surface area (Å²) in [7, 11) is -3.19. The summed E-state index contributed by atoms with van der Waals surface area (Å²) in [6, 6.07) is 0.198. The first-order chi connectivity index (χ1) is 7.04. The van der Waals surface area contributed by atoms with E-state index in [0.29, 0.717) is 11.8 Å². The van der Waals surface area contributed by atoms with E-state index in [1.807, 2.05) is 0 Å². The van der Waals surface area contributed by atoms with Crippen molar-refractivity contribution < 1.29 is 8.42 Å². The van der Waals surface area contributed by atoms with Gasteiger partial charge in [0.2, 0.25) is 10.0 Å². The fourth-order valence-corrected chi connectivity index (χ4v) is 3.17. The van der Waals surface area contributed by atoms with Crippen molar-refractivity contribution in [2.45, 2.75) is 43.9 Å². The van der Waals surface area contributed by atoms with Crippen molar-refractivity contribution in [2.24, 2.45) is 17.6 Å². The second kappa shape index (κ2) is 4.03. The second-order valence-corrected chi connectivity index (χ2v) is 7.04. The van der Waals surface area contributed by atoms with Gasteiger partial charge >= 0.3 is 0 Å². The van der Waals surface area contributed by atoms with E-state index in [1.165, 1.54) is 25.7 Å². The minimum atomic E-state index is -3.19. The standard InChI is InChI=1S/C10H20N2O2S/c1-7(6-11)15(13,14)12-10(8-2-3-8)9-4-5-9/h7-10,12H,2-6,11H2,1H3. The zero-order valence-electron chi connectivity index (χ0n) is 9.15. The highest BCUT2D eigenvalue weighted by molar-refractivity contribution is 7.90. The van der Waals surface area contributed by atoms with Crippen LogP contribution in [0.2, 0.25) is 0 Å². The SMILES string of the molecule is CC(CN)S(=O)(=O)NC(C1CC1)C1CC1. The maximum absolute atomic E-state index is 11.8. The van der Waals surface area contributed by atoms with E-state index in [1.54, 1.807) is 6.92 Å². The van der Waals surface area contributed by atoms with Gasteiger partial charge in [0.05, 0.1) is 5.25 Å². The predicted molar refractivity (Wildman–Crippen MR) is 59.8 cm³/mol. The molecular weight excluding hydrogens is 212 g/mol. The molecule has 2 aliphatic rings. The average Bonchev–Trinajstić information content (AvgIpc) is 3.04. The molecule has 2 fully saturated rings. The first-order valence-corrected chi connectivity index (χ1v) is 7.30. The van der Waals surface area contributed by atoms with Crippen LogP contribution in [-0.2, 0) is 10.0 Å². The Morgan fingerprint density at radius 3 is 2.07 bits per heavy atom. The molecule has 0 aromatic rings. The van der Waals surface area contributed by atoms with Crippen molar-refractivity contribution in [1.29, 1.82) is 0 Å². The van der Waals surface area contributed by atoms with Gasteiger partial charge in [0.25, 0.3) is 0 Å². The minimum Gasteiger partial charge on any atom is -0.329 e. The summed E-state index contributed by atoms with van der Waals surface area (Å²) in [5.41, 5.74) is 5.40. The molecule has 0 aromatic heterocycles. The van der Waals surface area contributed by atoms with Crippen LogP contribution in [0, 0.1) is 11.8 Å². The van der Waals surface area contributed by atoms with Gasteiger partial charge in [0.1, 0.15) is 0 Å². The smallest absolute Gasteiger partial charge is 0.215 e. The lowest BCUT2D eigenvalue weighted by atomic mass is 10.1. The van der Waals surface area contributed by atoms with Crippen molar-refractivity contribution >= 4 is 10.0 Å². The number of hydrogen-bond acceptors (Lipinski definition) is 3. The molecule has 2 rings (SSSR count). The number of nitrogens with two attached hydrogens (primary N) is 1. The van der Waals surface area contributed by atoms with E-state index in [-0.39, 0.29) is 12.6 Å².